The van der Waals surface area contributed by atoms with E-state index in [0.717, 1.165) is 18.5 Å². The number of nitrogen functional groups attached to an aromatic ring is 1. The van der Waals surface area contributed by atoms with Crippen LogP contribution in [-0.4, -0.2) is 24.2 Å². The molecule has 0 spiro atoms. The summed E-state index contributed by atoms with van der Waals surface area (Å²) in [5.74, 6) is 1.27. The van der Waals surface area contributed by atoms with Gasteiger partial charge in [-0.25, -0.2) is 0 Å². The first-order valence-electron chi connectivity index (χ1n) is 5.49. The molecule has 1 aromatic heterocycles. The van der Waals surface area contributed by atoms with Crippen molar-refractivity contribution in [1.29, 1.82) is 0 Å². The van der Waals surface area contributed by atoms with Crippen molar-refractivity contribution < 1.29 is 4.52 Å². The van der Waals surface area contributed by atoms with Gasteiger partial charge in [-0.05, 0) is 29.3 Å². The molecular formula is C12H16N4O. The van der Waals surface area contributed by atoms with E-state index in [-0.39, 0.29) is 0 Å². The van der Waals surface area contributed by atoms with Crippen LogP contribution in [0.1, 0.15) is 11.5 Å². The third-order valence-corrected chi connectivity index (χ3v) is 2.46. The van der Waals surface area contributed by atoms with Crippen molar-refractivity contribution in [3.05, 3.63) is 35.7 Å². The quantitative estimate of drug-likeness (QED) is 0.809. The summed E-state index contributed by atoms with van der Waals surface area (Å²) in [6.45, 7) is 0. The molecule has 0 saturated heterocycles. The lowest BCUT2D eigenvalue weighted by Crippen LogP contribution is -2.10. The smallest absolute Gasteiger partial charge is 0.265 e. The number of aryl methyl sites for hydroxylation is 2. The lowest BCUT2D eigenvalue weighted by atomic mass is 10.1. The predicted octanol–water partition coefficient (Wildman–Crippen LogP) is 1.50. The van der Waals surface area contributed by atoms with Gasteiger partial charge < -0.3 is 15.2 Å². The van der Waals surface area contributed by atoms with Gasteiger partial charge in [-0.15, -0.1) is 0 Å². The highest BCUT2D eigenvalue weighted by Gasteiger charge is 2.07. The first kappa shape index (κ1) is 11.4. The monoisotopic (exact) mass is 232 g/mol. The Morgan fingerprint density at radius 2 is 1.88 bits per heavy atom. The van der Waals surface area contributed by atoms with E-state index in [1.807, 2.05) is 43.3 Å². The highest BCUT2D eigenvalue weighted by molar-refractivity contribution is 5.39. The van der Waals surface area contributed by atoms with Crippen LogP contribution in [0, 0.1) is 0 Å². The topological polar surface area (TPSA) is 68.2 Å². The van der Waals surface area contributed by atoms with E-state index in [0.29, 0.717) is 11.8 Å². The first-order valence-corrected chi connectivity index (χ1v) is 5.49. The Hall–Kier alpha value is -2.04. The number of benzene rings is 1. The fourth-order valence-electron chi connectivity index (χ4n) is 1.46. The molecule has 0 saturated carbocycles. The highest BCUT2D eigenvalue weighted by atomic mass is 16.5. The summed E-state index contributed by atoms with van der Waals surface area (Å²) in [5.41, 5.74) is 7.62. The lowest BCUT2D eigenvalue weighted by Gasteiger charge is -2.02. The van der Waals surface area contributed by atoms with E-state index in [9.17, 15) is 0 Å². The lowest BCUT2D eigenvalue weighted by molar-refractivity contribution is 0.378. The molecule has 0 bridgehead atoms. The Morgan fingerprint density at radius 3 is 2.47 bits per heavy atom. The van der Waals surface area contributed by atoms with E-state index >= 15 is 0 Å². The standard InChI is InChI=1S/C12H16N4O/c1-16(2)12-14-11(17-15-12)8-5-9-3-6-10(13)7-4-9/h3-4,6-7H,5,8,13H2,1-2H3. The molecule has 2 aromatic rings. The maximum Gasteiger partial charge on any atom is 0.265 e. The molecule has 5 heteroatoms. The van der Waals surface area contributed by atoms with Gasteiger partial charge in [0.15, 0.2) is 0 Å². The Kier molecular flexibility index (Phi) is 3.27. The second kappa shape index (κ2) is 4.86. The summed E-state index contributed by atoms with van der Waals surface area (Å²) in [6, 6.07) is 7.82. The summed E-state index contributed by atoms with van der Waals surface area (Å²) in [7, 11) is 3.77. The molecule has 0 amide bonds. The van der Waals surface area contributed by atoms with E-state index in [4.69, 9.17) is 10.3 Å². The van der Waals surface area contributed by atoms with E-state index in [1.54, 1.807) is 0 Å². The molecule has 0 fully saturated rings. The van der Waals surface area contributed by atoms with Crippen LogP contribution in [0.25, 0.3) is 0 Å². The third-order valence-electron chi connectivity index (χ3n) is 2.46. The van der Waals surface area contributed by atoms with Crippen molar-refractivity contribution in [3.63, 3.8) is 0 Å². The number of nitrogens with zero attached hydrogens (tertiary/aromatic N) is 3. The van der Waals surface area contributed by atoms with Gasteiger partial charge in [-0.3, -0.25) is 0 Å². The molecule has 2 N–H and O–H groups in total. The predicted molar refractivity (Wildman–Crippen MR) is 66.9 cm³/mol. The second-order valence-corrected chi connectivity index (χ2v) is 4.12. The number of aromatic nitrogens is 2. The molecule has 1 aromatic carbocycles. The Bertz CT molecular complexity index is 476. The van der Waals surface area contributed by atoms with Crippen LogP contribution < -0.4 is 10.6 Å². The van der Waals surface area contributed by atoms with E-state index < -0.39 is 0 Å². The zero-order valence-electron chi connectivity index (χ0n) is 10.1. The molecule has 0 atom stereocenters. The first-order chi connectivity index (χ1) is 8.15. The summed E-state index contributed by atoms with van der Waals surface area (Å²) >= 11 is 0. The Balaban J connectivity index is 1.95. The Morgan fingerprint density at radius 1 is 1.18 bits per heavy atom. The summed E-state index contributed by atoms with van der Waals surface area (Å²) < 4.78 is 5.14. The molecule has 17 heavy (non-hydrogen) atoms. The average Bonchev–Trinajstić information content (AvgIpc) is 2.77. The average molecular weight is 232 g/mol. The number of nitrogens with two attached hydrogens (primary N) is 1. The minimum Gasteiger partial charge on any atom is -0.399 e. The second-order valence-electron chi connectivity index (χ2n) is 4.12. The summed E-state index contributed by atoms with van der Waals surface area (Å²) in [6.07, 6.45) is 1.61. The molecule has 5 nitrogen and oxygen atoms in total. The van der Waals surface area contributed by atoms with Crippen LogP contribution in [0.15, 0.2) is 28.8 Å². The fourth-order valence-corrected chi connectivity index (χ4v) is 1.46. The largest absolute Gasteiger partial charge is 0.399 e. The van der Waals surface area contributed by atoms with Crippen molar-refractivity contribution in [3.8, 4) is 0 Å². The molecule has 0 aliphatic heterocycles. The van der Waals surface area contributed by atoms with Crippen LogP contribution in [-0.2, 0) is 12.8 Å². The van der Waals surface area contributed by atoms with Gasteiger partial charge in [0.05, 0.1) is 0 Å². The zero-order chi connectivity index (χ0) is 12.3. The zero-order valence-corrected chi connectivity index (χ0v) is 10.1. The van der Waals surface area contributed by atoms with Gasteiger partial charge in [-0.1, -0.05) is 12.1 Å². The van der Waals surface area contributed by atoms with Gasteiger partial charge in [0.2, 0.25) is 5.89 Å². The Labute approximate surface area is 100 Å². The molecular weight excluding hydrogens is 216 g/mol. The van der Waals surface area contributed by atoms with Gasteiger partial charge in [0.25, 0.3) is 5.95 Å². The summed E-state index contributed by atoms with van der Waals surface area (Å²) in [5, 5.41) is 3.86. The van der Waals surface area contributed by atoms with Gasteiger partial charge in [0, 0.05) is 26.2 Å². The van der Waals surface area contributed by atoms with Gasteiger partial charge >= 0.3 is 0 Å². The maximum atomic E-state index is 5.62. The van der Waals surface area contributed by atoms with Crippen LogP contribution in [0.4, 0.5) is 11.6 Å². The number of rotatable bonds is 4. The van der Waals surface area contributed by atoms with Crippen LogP contribution >= 0.6 is 0 Å². The van der Waals surface area contributed by atoms with Crippen LogP contribution in [0.3, 0.4) is 0 Å². The van der Waals surface area contributed by atoms with Gasteiger partial charge in [0.1, 0.15) is 0 Å². The number of anilines is 2. The minimum absolute atomic E-state index is 0.609. The normalized spacial score (nSPS) is 10.5. The van der Waals surface area contributed by atoms with Crippen molar-refractivity contribution in [1.82, 2.24) is 10.1 Å². The summed E-state index contributed by atoms with van der Waals surface area (Å²) in [4.78, 5) is 6.08. The van der Waals surface area contributed by atoms with E-state index in [1.165, 1.54) is 5.56 Å². The maximum absolute atomic E-state index is 5.62. The van der Waals surface area contributed by atoms with Crippen molar-refractivity contribution in [2.45, 2.75) is 12.8 Å². The highest BCUT2D eigenvalue weighted by Crippen LogP contribution is 2.11. The molecule has 90 valence electrons. The van der Waals surface area contributed by atoms with Crippen LogP contribution in [0.5, 0.6) is 0 Å². The number of hydrogen-bond acceptors (Lipinski definition) is 5. The van der Waals surface area contributed by atoms with Crippen molar-refractivity contribution in [2.24, 2.45) is 0 Å². The molecule has 0 radical (unpaired) electrons. The van der Waals surface area contributed by atoms with Crippen molar-refractivity contribution >= 4 is 11.6 Å². The van der Waals surface area contributed by atoms with Crippen LogP contribution in [0.2, 0.25) is 0 Å². The number of hydrogen-bond donors (Lipinski definition) is 1. The molecule has 0 aliphatic rings. The van der Waals surface area contributed by atoms with Gasteiger partial charge in [-0.2, -0.15) is 4.98 Å². The molecule has 1 heterocycles. The SMILES string of the molecule is CN(C)c1noc(CCc2ccc(N)cc2)n1. The van der Waals surface area contributed by atoms with Crippen molar-refractivity contribution in [2.75, 3.05) is 24.7 Å². The minimum atomic E-state index is 0.609. The third kappa shape index (κ3) is 2.96. The molecule has 0 aliphatic carbocycles. The van der Waals surface area contributed by atoms with E-state index in [2.05, 4.69) is 10.1 Å². The molecule has 0 unspecified atom stereocenters. The fraction of sp³-hybridized carbons (Fsp3) is 0.333. The molecule has 2 rings (SSSR count).